The third kappa shape index (κ3) is 0.717. The van der Waals surface area contributed by atoms with E-state index < -0.39 is 14.2 Å². The molecule has 4 atom stereocenters. The Morgan fingerprint density at radius 3 is 1.92 bits per heavy atom. The maximum atomic E-state index is 11.2. The minimum Gasteiger partial charge on any atom is -0.229 e. The van der Waals surface area contributed by atoms with Crippen molar-refractivity contribution in [3.63, 3.8) is 0 Å². The molecule has 2 nitrogen and oxygen atoms in total. The highest BCUT2D eigenvalue weighted by Crippen LogP contribution is 2.77. The van der Waals surface area contributed by atoms with Crippen molar-refractivity contribution >= 4 is 33.0 Å². The Morgan fingerprint density at radius 1 is 1.08 bits per heavy atom. The second-order valence-corrected chi connectivity index (χ2v) is 7.73. The number of sulfone groups is 1. The molecular formula is C7H8Cl2O2S. The number of fused-ring (bicyclic) bond motifs is 4. The molecule has 3 rings (SSSR count). The van der Waals surface area contributed by atoms with Crippen molar-refractivity contribution in [3.8, 4) is 0 Å². The summed E-state index contributed by atoms with van der Waals surface area (Å²) in [6.07, 6.45) is 0. The number of hydrogen-bond donors (Lipinski definition) is 0. The molecule has 0 aromatic heterocycles. The largest absolute Gasteiger partial charge is 0.229 e. The molecule has 5 heteroatoms. The van der Waals surface area contributed by atoms with E-state index in [9.17, 15) is 8.42 Å². The average Bonchev–Trinajstić information content (AvgIpc) is 2.30. The quantitative estimate of drug-likeness (QED) is 0.580. The van der Waals surface area contributed by atoms with Crippen LogP contribution in [0.1, 0.15) is 0 Å². The molecule has 0 radical (unpaired) electrons. The van der Waals surface area contributed by atoms with Crippen LogP contribution in [-0.2, 0) is 9.84 Å². The number of alkyl halides is 2. The summed E-state index contributed by atoms with van der Waals surface area (Å²) in [7, 11) is -2.75. The molecule has 0 spiro atoms. The first-order valence-electron chi connectivity index (χ1n) is 4.02. The highest BCUT2D eigenvalue weighted by atomic mass is 35.5. The van der Waals surface area contributed by atoms with Gasteiger partial charge in [-0.2, -0.15) is 0 Å². The molecule has 3 aliphatic rings. The fourth-order valence-electron chi connectivity index (χ4n) is 2.97. The normalized spacial score (nSPS) is 56.8. The van der Waals surface area contributed by atoms with Gasteiger partial charge in [-0.25, -0.2) is 8.42 Å². The van der Waals surface area contributed by atoms with Crippen LogP contribution in [0.25, 0.3) is 0 Å². The summed E-state index contributed by atoms with van der Waals surface area (Å²) in [5.74, 6) is 1.75. The third-order valence-corrected chi connectivity index (χ3v) is 6.33. The lowest BCUT2D eigenvalue weighted by Gasteiger charge is -2.25. The standard InChI is InChI=1S/C7H8Cl2O2S/c8-7(9)5-3-1-12(10,11)2-4(3)6(5)7/h3-6H,1-2H2. The van der Waals surface area contributed by atoms with E-state index in [1.807, 2.05) is 0 Å². The molecule has 2 aliphatic carbocycles. The van der Waals surface area contributed by atoms with Gasteiger partial charge in [0.25, 0.3) is 0 Å². The fourth-order valence-corrected chi connectivity index (χ4v) is 6.26. The van der Waals surface area contributed by atoms with E-state index in [4.69, 9.17) is 23.2 Å². The highest BCUT2D eigenvalue weighted by molar-refractivity contribution is 7.91. The first-order chi connectivity index (χ1) is 5.43. The van der Waals surface area contributed by atoms with Crippen LogP contribution < -0.4 is 0 Å². The van der Waals surface area contributed by atoms with Crippen LogP contribution in [0.5, 0.6) is 0 Å². The van der Waals surface area contributed by atoms with Gasteiger partial charge in [-0.15, -0.1) is 23.2 Å². The Hall–Kier alpha value is 0.530. The third-order valence-electron chi connectivity index (χ3n) is 3.53. The van der Waals surface area contributed by atoms with Crippen molar-refractivity contribution < 1.29 is 8.42 Å². The summed E-state index contributed by atoms with van der Waals surface area (Å²) in [5, 5.41) is 0. The van der Waals surface area contributed by atoms with Crippen LogP contribution >= 0.6 is 23.2 Å². The van der Waals surface area contributed by atoms with Gasteiger partial charge in [0, 0.05) is 11.8 Å². The van der Waals surface area contributed by atoms with Gasteiger partial charge in [-0.3, -0.25) is 0 Å². The highest BCUT2D eigenvalue weighted by Gasteiger charge is 2.80. The van der Waals surface area contributed by atoms with Crippen molar-refractivity contribution in [3.05, 3.63) is 0 Å². The van der Waals surface area contributed by atoms with E-state index in [2.05, 4.69) is 0 Å². The van der Waals surface area contributed by atoms with Crippen molar-refractivity contribution in [1.29, 1.82) is 0 Å². The molecule has 1 saturated heterocycles. The first-order valence-corrected chi connectivity index (χ1v) is 6.59. The molecule has 12 heavy (non-hydrogen) atoms. The summed E-state index contributed by atoms with van der Waals surface area (Å²) in [6.45, 7) is 0. The predicted molar refractivity (Wildman–Crippen MR) is 47.1 cm³/mol. The lowest BCUT2D eigenvalue weighted by Crippen LogP contribution is -2.27. The number of hydrogen-bond acceptors (Lipinski definition) is 2. The lowest BCUT2D eigenvalue weighted by molar-refractivity contribution is 0.218. The molecule has 4 unspecified atom stereocenters. The Kier molecular flexibility index (Phi) is 1.19. The topological polar surface area (TPSA) is 34.1 Å². The van der Waals surface area contributed by atoms with Gasteiger partial charge in [0.1, 0.15) is 4.33 Å². The number of rotatable bonds is 0. The van der Waals surface area contributed by atoms with Crippen LogP contribution in [0.15, 0.2) is 0 Å². The van der Waals surface area contributed by atoms with Crippen LogP contribution in [0.4, 0.5) is 0 Å². The predicted octanol–water partition coefficient (Wildman–Crippen LogP) is 1.08. The van der Waals surface area contributed by atoms with E-state index >= 15 is 0 Å². The monoisotopic (exact) mass is 226 g/mol. The Bertz CT molecular complexity index is 322. The van der Waals surface area contributed by atoms with Crippen molar-refractivity contribution in [2.75, 3.05) is 11.5 Å². The zero-order valence-electron chi connectivity index (χ0n) is 6.20. The van der Waals surface area contributed by atoms with Gasteiger partial charge in [0.15, 0.2) is 9.84 Å². The van der Waals surface area contributed by atoms with Crippen LogP contribution in [0, 0.1) is 23.7 Å². The Balaban J connectivity index is 1.91. The summed E-state index contributed by atoms with van der Waals surface area (Å²) in [5.41, 5.74) is 0. The molecule has 68 valence electrons. The van der Waals surface area contributed by atoms with E-state index in [-0.39, 0.29) is 23.7 Å². The van der Waals surface area contributed by atoms with E-state index in [1.54, 1.807) is 0 Å². The molecule has 0 aromatic carbocycles. The SMILES string of the molecule is O=S1(=O)CC2C(C1)C1C2C1(Cl)Cl. The zero-order chi connectivity index (χ0) is 8.72. The van der Waals surface area contributed by atoms with E-state index in [1.165, 1.54) is 0 Å². The smallest absolute Gasteiger partial charge is 0.150 e. The molecule has 0 bridgehead atoms. The van der Waals surface area contributed by atoms with Gasteiger partial charge < -0.3 is 0 Å². The molecule has 1 aliphatic heterocycles. The Morgan fingerprint density at radius 2 is 1.50 bits per heavy atom. The maximum absolute atomic E-state index is 11.2. The second kappa shape index (κ2) is 1.82. The fraction of sp³-hybridized carbons (Fsp3) is 1.00. The van der Waals surface area contributed by atoms with E-state index in [0.717, 1.165) is 0 Å². The van der Waals surface area contributed by atoms with Crippen LogP contribution in [-0.4, -0.2) is 24.3 Å². The summed E-state index contributed by atoms with van der Waals surface area (Å²) >= 11 is 11.9. The summed E-state index contributed by atoms with van der Waals surface area (Å²) < 4.78 is 21.8. The maximum Gasteiger partial charge on any atom is 0.150 e. The van der Waals surface area contributed by atoms with Crippen molar-refractivity contribution in [2.24, 2.45) is 23.7 Å². The first kappa shape index (κ1) is 7.89. The van der Waals surface area contributed by atoms with Crippen molar-refractivity contribution in [1.82, 2.24) is 0 Å². The van der Waals surface area contributed by atoms with Gasteiger partial charge in [-0.05, 0) is 11.8 Å². The molecule has 2 saturated carbocycles. The van der Waals surface area contributed by atoms with Gasteiger partial charge in [0.2, 0.25) is 0 Å². The molecule has 0 N–H and O–H groups in total. The van der Waals surface area contributed by atoms with Crippen LogP contribution in [0.2, 0.25) is 0 Å². The number of halogens is 2. The minimum absolute atomic E-state index is 0.273. The second-order valence-electron chi connectivity index (χ2n) is 4.13. The van der Waals surface area contributed by atoms with E-state index in [0.29, 0.717) is 11.5 Å². The minimum atomic E-state index is -2.75. The molecule has 0 amide bonds. The average molecular weight is 227 g/mol. The van der Waals surface area contributed by atoms with Gasteiger partial charge in [0.05, 0.1) is 11.5 Å². The molecular weight excluding hydrogens is 219 g/mol. The molecule has 3 fully saturated rings. The Labute approximate surface area is 81.1 Å². The van der Waals surface area contributed by atoms with Crippen molar-refractivity contribution in [2.45, 2.75) is 4.33 Å². The zero-order valence-corrected chi connectivity index (χ0v) is 8.53. The van der Waals surface area contributed by atoms with Crippen LogP contribution in [0.3, 0.4) is 0 Å². The van der Waals surface area contributed by atoms with Gasteiger partial charge in [-0.1, -0.05) is 0 Å². The van der Waals surface area contributed by atoms with Gasteiger partial charge >= 0.3 is 0 Å². The molecule has 1 heterocycles. The lowest BCUT2D eigenvalue weighted by atomic mass is 9.77. The molecule has 0 aromatic rings. The summed E-state index contributed by atoms with van der Waals surface area (Å²) in [4.78, 5) is 0. The summed E-state index contributed by atoms with van der Waals surface area (Å²) in [6, 6.07) is 0.